The third-order valence-corrected chi connectivity index (χ3v) is 1.59. The van der Waals surface area contributed by atoms with Gasteiger partial charge in [-0.25, -0.2) is 13.2 Å². The summed E-state index contributed by atoms with van der Waals surface area (Å²) in [6, 6.07) is 0. The summed E-state index contributed by atoms with van der Waals surface area (Å²) in [6.07, 6.45) is 0.869. The van der Waals surface area contributed by atoms with E-state index in [-0.39, 0.29) is 0 Å². The molecule has 0 bridgehead atoms. The van der Waals surface area contributed by atoms with Crippen LogP contribution in [0.4, 0.5) is 0 Å². The molecule has 0 aliphatic rings. The van der Waals surface area contributed by atoms with Crippen molar-refractivity contribution in [3.8, 4) is 0 Å². The van der Waals surface area contributed by atoms with E-state index in [0.29, 0.717) is 0 Å². The van der Waals surface area contributed by atoms with Gasteiger partial charge in [0.2, 0.25) is 0 Å². The fourth-order valence-corrected chi connectivity index (χ4v) is 1.01. The van der Waals surface area contributed by atoms with Crippen molar-refractivity contribution in [2.75, 3.05) is 19.1 Å². The fraction of sp³-hybridized carbons (Fsp3) is 0.600. The van der Waals surface area contributed by atoms with Gasteiger partial charge < -0.3 is 4.74 Å². The summed E-state index contributed by atoms with van der Waals surface area (Å²) in [5.74, 6) is -2.97. The largest absolute Gasteiger partial charge is 0.463 e. The number of hydrogen-bond donors (Lipinski definition) is 0. The van der Waals surface area contributed by atoms with E-state index in [0.717, 1.165) is 13.4 Å². The van der Waals surface area contributed by atoms with Crippen LogP contribution in [0.15, 0.2) is 0 Å². The molecule has 11 heavy (non-hydrogen) atoms. The molecule has 0 spiro atoms. The average Bonchev–Trinajstić information content (AvgIpc) is 1.82. The van der Waals surface area contributed by atoms with E-state index < -0.39 is 27.3 Å². The molecule has 0 rings (SSSR count). The highest BCUT2D eigenvalue weighted by Crippen LogP contribution is 1.86. The van der Waals surface area contributed by atoms with Crippen LogP contribution in [0.1, 0.15) is 0 Å². The molecular weight excluding hydrogens is 172 g/mol. The van der Waals surface area contributed by atoms with Gasteiger partial charge in [0.15, 0.2) is 9.84 Å². The molecule has 0 N–H and O–H groups in total. The molecule has 0 heterocycles. The lowest BCUT2D eigenvalue weighted by molar-refractivity contribution is -0.150. The Hall–Kier alpha value is -0.910. The molecular formula is C5H8O5S. The first kappa shape index (κ1) is 10.1. The second-order valence-electron chi connectivity index (χ2n) is 1.98. The lowest BCUT2D eigenvalue weighted by Gasteiger charge is -1.95. The molecule has 0 atom stereocenters. The Morgan fingerprint density at radius 1 is 1.36 bits per heavy atom. The van der Waals surface area contributed by atoms with Crippen LogP contribution in [0.2, 0.25) is 0 Å². The number of methoxy groups -OCH3 is 1. The van der Waals surface area contributed by atoms with Gasteiger partial charge in [-0.15, -0.1) is 0 Å². The quantitative estimate of drug-likeness (QED) is 0.401. The Labute approximate surface area is 64.3 Å². The van der Waals surface area contributed by atoms with E-state index >= 15 is 0 Å². The third kappa shape index (κ3) is 4.49. The van der Waals surface area contributed by atoms with Crippen molar-refractivity contribution in [3.63, 3.8) is 0 Å². The molecule has 0 fully saturated rings. The smallest absolute Gasteiger partial charge is 0.375 e. The predicted molar refractivity (Wildman–Crippen MR) is 36.7 cm³/mol. The summed E-state index contributed by atoms with van der Waals surface area (Å²) in [4.78, 5) is 20.9. The van der Waals surface area contributed by atoms with Gasteiger partial charge in [-0.2, -0.15) is 0 Å². The highest BCUT2D eigenvalue weighted by Gasteiger charge is 2.19. The van der Waals surface area contributed by atoms with Gasteiger partial charge in [0.05, 0.1) is 7.11 Å². The molecule has 0 radical (unpaired) electrons. The maximum Gasteiger partial charge on any atom is 0.375 e. The predicted octanol–water partition coefficient (Wildman–Crippen LogP) is -1.23. The van der Waals surface area contributed by atoms with Crippen LogP contribution in [-0.2, 0) is 24.2 Å². The maximum absolute atomic E-state index is 10.5. The minimum atomic E-state index is -3.43. The summed E-state index contributed by atoms with van der Waals surface area (Å²) in [5, 5.41) is 0. The Kier molecular flexibility index (Phi) is 3.18. The molecule has 5 nitrogen and oxygen atoms in total. The standard InChI is InChI=1S/C5H8O5S/c1-10-5(7)4(6)3-11(2,8)9/h3H2,1-2H3. The molecule has 0 amide bonds. The highest BCUT2D eigenvalue weighted by molar-refractivity contribution is 7.91. The van der Waals surface area contributed by atoms with Gasteiger partial charge in [-0.05, 0) is 0 Å². The van der Waals surface area contributed by atoms with Crippen LogP contribution in [0.3, 0.4) is 0 Å². The topological polar surface area (TPSA) is 77.5 Å². The van der Waals surface area contributed by atoms with E-state index in [1.165, 1.54) is 0 Å². The Bertz CT molecular complexity index is 263. The van der Waals surface area contributed by atoms with Crippen LogP contribution in [0.5, 0.6) is 0 Å². The second kappa shape index (κ2) is 3.47. The molecule has 0 aromatic carbocycles. The molecule has 0 aliphatic heterocycles. The fourth-order valence-electron chi connectivity index (χ4n) is 0.411. The molecule has 0 saturated heterocycles. The number of ketones is 1. The van der Waals surface area contributed by atoms with Crippen molar-refractivity contribution in [1.82, 2.24) is 0 Å². The Balaban J connectivity index is 4.22. The van der Waals surface area contributed by atoms with Crippen molar-refractivity contribution < 1.29 is 22.7 Å². The van der Waals surface area contributed by atoms with Crippen LogP contribution >= 0.6 is 0 Å². The molecule has 6 heteroatoms. The molecule has 0 unspecified atom stereocenters. The van der Waals surface area contributed by atoms with E-state index in [9.17, 15) is 18.0 Å². The Morgan fingerprint density at radius 2 is 1.82 bits per heavy atom. The van der Waals surface area contributed by atoms with Gasteiger partial charge in [0.1, 0.15) is 5.75 Å². The zero-order chi connectivity index (χ0) is 9.07. The third-order valence-electron chi connectivity index (χ3n) is 0.806. The van der Waals surface area contributed by atoms with Crippen LogP contribution in [0.25, 0.3) is 0 Å². The van der Waals surface area contributed by atoms with Gasteiger partial charge >= 0.3 is 5.97 Å². The number of ether oxygens (including phenoxy) is 1. The summed E-state index contributed by atoms with van der Waals surface area (Å²) in [6.45, 7) is 0. The van der Waals surface area contributed by atoms with E-state index in [4.69, 9.17) is 0 Å². The van der Waals surface area contributed by atoms with E-state index in [1.807, 2.05) is 0 Å². The van der Waals surface area contributed by atoms with Crippen LogP contribution in [0, 0.1) is 0 Å². The molecule has 0 saturated carbocycles. The van der Waals surface area contributed by atoms with Crippen molar-refractivity contribution in [2.45, 2.75) is 0 Å². The molecule has 0 aromatic rings. The van der Waals surface area contributed by atoms with Crippen molar-refractivity contribution >= 4 is 21.6 Å². The molecule has 0 aromatic heterocycles. The number of carbonyl (C=O) groups excluding carboxylic acids is 2. The lowest BCUT2D eigenvalue weighted by atomic mass is 10.5. The minimum Gasteiger partial charge on any atom is -0.463 e. The van der Waals surface area contributed by atoms with Crippen molar-refractivity contribution in [1.29, 1.82) is 0 Å². The zero-order valence-corrected chi connectivity index (χ0v) is 6.97. The normalized spacial score (nSPS) is 10.7. The van der Waals surface area contributed by atoms with Crippen LogP contribution < -0.4 is 0 Å². The number of Topliss-reactive ketones (excluding diaryl/α,β-unsaturated/α-hetero) is 1. The van der Waals surface area contributed by atoms with Crippen molar-refractivity contribution in [3.05, 3.63) is 0 Å². The lowest BCUT2D eigenvalue weighted by Crippen LogP contribution is -2.23. The number of carbonyl (C=O) groups is 2. The van der Waals surface area contributed by atoms with Gasteiger partial charge in [0, 0.05) is 6.26 Å². The van der Waals surface area contributed by atoms with Crippen molar-refractivity contribution in [2.24, 2.45) is 0 Å². The number of hydrogen-bond acceptors (Lipinski definition) is 5. The zero-order valence-electron chi connectivity index (χ0n) is 6.16. The Morgan fingerprint density at radius 3 is 2.09 bits per heavy atom. The number of esters is 1. The molecule has 0 aliphatic carbocycles. The van der Waals surface area contributed by atoms with E-state index in [1.54, 1.807) is 0 Å². The highest BCUT2D eigenvalue weighted by atomic mass is 32.2. The van der Waals surface area contributed by atoms with Gasteiger partial charge in [-0.1, -0.05) is 0 Å². The average molecular weight is 180 g/mol. The van der Waals surface area contributed by atoms with Gasteiger partial charge in [0.25, 0.3) is 5.78 Å². The summed E-state index contributed by atoms with van der Waals surface area (Å²) in [7, 11) is -2.41. The first-order valence-corrected chi connectivity index (χ1v) is 4.71. The number of sulfone groups is 1. The molecule has 64 valence electrons. The monoisotopic (exact) mass is 180 g/mol. The van der Waals surface area contributed by atoms with E-state index in [2.05, 4.69) is 4.74 Å². The summed E-state index contributed by atoms with van der Waals surface area (Å²) < 4.78 is 24.9. The summed E-state index contributed by atoms with van der Waals surface area (Å²) in [5.41, 5.74) is 0. The maximum atomic E-state index is 10.5. The SMILES string of the molecule is COC(=O)C(=O)CS(C)(=O)=O. The van der Waals surface area contributed by atoms with Gasteiger partial charge in [-0.3, -0.25) is 4.79 Å². The number of rotatable bonds is 3. The first-order valence-electron chi connectivity index (χ1n) is 2.65. The summed E-state index contributed by atoms with van der Waals surface area (Å²) >= 11 is 0. The second-order valence-corrected chi connectivity index (χ2v) is 4.13. The minimum absolute atomic E-state index is 0.792. The van der Waals surface area contributed by atoms with Crippen LogP contribution in [-0.4, -0.2) is 39.3 Å². The first-order chi connectivity index (χ1) is 4.87.